The molecular weight excluding hydrogens is 236 g/mol. The van der Waals surface area contributed by atoms with Gasteiger partial charge in [0.2, 0.25) is 0 Å². The van der Waals surface area contributed by atoms with Crippen LogP contribution in [0.2, 0.25) is 0 Å². The van der Waals surface area contributed by atoms with E-state index in [1.54, 1.807) is 0 Å². The van der Waals surface area contributed by atoms with Crippen LogP contribution in [-0.2, 0) is 0 Å². The van der Waals surface area contributed by atoms with Gasteiger partial charge in [0.15, 0.2) is 0 Å². The lowest BCUT2D eigenvalue weighted by Crippen LogP contribution is -2.46. The van der Waals surface area contributed by atoms with Crippen molar-refractivity contribution in [2.24, 2.45) is 0 Å². The topological polar surface area (TPSA) is 52.6 Å². The monoisotopic (exact) mass is 254 g/mol. The van der Waals surface area contributed by atoms with Crippen LogP contribution in [0.3, 0.4) is 0 Å². The number of carbonyl (C=O) groups is 1. The standard InChI is InChI=1S/C12H18N2O2S/c15-8-6-10-4-1-2-7-14(10)12(16)13-11-5-3-9-17-11/h3,5,9-10,15H,1-2,4,6-8H2,(H,13,16). The number of piperidine rings is 1. The molecule has 5 heteroatoms. The van der Waals surface area contributed by atoms with Crippen molar-refractivity contribution in [3.8, 4) is 0 Å². The quantitative estimate of drug-likeness (QED) is 0.871. The minimum absolute atomic E-state index is 0.0365. The summed E-state index contributed by atoms with van der Waals surface area (Å²) in [5.74, 6) is 0. The largest absolute Gasteiger partial charge is 0.396 e. The number of hydrogen-bond acceptors (Lipinski definition) is 3. The van der Waals surface area contributed by atoms with E-state index in [2.05, 4.69) is 5.32 Å². The van der Waals surface area contributed by atoms with E-state index in [9.17, 15) is 4.79 Å². The molecule has 1 aromatic heterocycles. The Labute approximate surface area is 105 Å². The highest BCUT2D eigenvalue weighted by Gasteiger charge is 2.26. The molecule has 0 aromatic carbocycles. The van der Waals surface area contributed by atoms with Gasteiger partial charge < -0.3 is 10.0 Å². The van der Waals surface area contributed by atoms with E-state index in [0.29, 0.717) is 6.42 Å². The minimum Gasteiger partial charge on any atom is -0.396 e. The molecule has 1 aromatic rings. The summed E-state index contributed by atoms with van der Waals surface area (Å²) >= 11 is 1.52. The number of urea groups is 1. The zero-order valence-electron chi connectivity index (χ0n) is 9.76. The maximum absolute atomic E-state index is 12.1. The number of aliphatic hydroxyl groups excluding tert-OH is 1. The van der Waals surface area contributed by atoms with Gasteiger partial charge in [0.05, 0.1) is 5.00 Å². The third-order valence-electron chi connectivity index (χ3n) is 3.10. The van der Waals surface area contributed by atoms with Crippen LogP contribution in [0.1, 0.15) is 25.7 Å². The second kappa shape index (κ2) is 6.02. The van der Waals surface area contributed by atoms with E-state index in [4.69, 9.17) is 5.11 Å². The normalized spacial score (nSPS) is 20.3. The van der Waals surface area contributed by atoms with E-state index < -0.39 is 0 Å². The Morgan fingerprint density at radius 1 is 1.59 bits per heavy atom. The molecule has 2 rings (SSSR count). The van der Waals surface area contributed by atoms with Gasteiger partial charge in [0, 0.05) is 19.2 Å². The summed E-state index contributed by atoms with van der Waals surface area (Å²) in [6.45, 7) is 0.940. The Balaban J connectivity index is 1.96. The molecule has 0 spiro atoms. The zero-order chi connectivity index (χ0) is 12.1. The van der Waals surface area contributed by atoms with Crippen molar-refractivity contribution >= 4 is 22.4 Å². The summed E-state index contributed by atoms with van der Waals surface area (Å²) in [4.78, 5) is 14.0. The number of nitrogens with one attached hydrogen (secondary N) is 1. The zero-order valence-corrected chi connectivity index (χ0v) is 10.6. The van der Waals surface area contributed by atoms with Crippen molar-refractivity contribution in [3.63, 3.8) is 0 Å². The Hall–Kier alpha value is -1.07. The summed E-state index contributed by atoms with van der Waals surface area (Å²) in [5.41, 5.74) is 0. The molecule has 0 aliphatic carbocycles. The predicted octanol–water partition coefficient (Wildman–Crippen LogP) is 2.52. The molecule has 94 valence electrons. The molecule has 17 heavy (non-hydrogen) atoms. The number of aliphatic hydroxyl groups is 1. The van der Waals surface area contributed by atoms with Crippen LogP contribution in [0.5, 0.6) is 0 Å². The lowest BCUT2D eigenvalue weighted by atomic mass is 10.0. The molecule has 1 saturated heterocycles. The van der Waals surface area contributed by atoms with E-state index in [0.717, 1.165) is 30.8 Å². The molecule has 2 amide bonds. The smallest absolute Gasteiger partial charge is 0.322 e. The number of carbonyl (C=O) groups excluding carboxylic acids is 1. The summed E-state index contributed by atoms with van der Waals surface area (Å²) < 4.78 is 0. The third kappa shape index (κ3) is 3.20. The third-order valence-corrected chi connectivity index (χ3v) is 3.89. The van der Waals surface area contributed by atoms with Crippen LogP contribution in [0.15, 0.2) is 17.5 Å². The second-order valence-electron chi connectivity index (χ2n) is 4.26. The van der Waals surface area contributed by atoms with Crippen LogP contribution in [-0.4, -0.2) is 35.2 Å². The van der Waals surface area contributed by atoms with Crippen LogP contribution in [0, 0.1) is 0 Å². The molecule has 1 aliphatic heterocycles. The lowest BCUT2D eigenvalue weighted by Gasteiger charge is -2.35. The number of rotatable bonds is 3. The fraction of sp³-hybridized carbons (Fsp3) is 0.583. The number of hydrogen-bond donors (Lipinski definition) is 2. The van der Waals surface area contributed by atoms with Crippen LogP contribution in [0.25, 0.3) is 0 Å². The van der Waals surface area contributed by atoms with Gasteiger partial charge in [-0.1, -0.05) is 0 Å². The SMILES string of the molecule is O=C(Nc1cccs1)N1CCCCC1CCO. The van der Waals surface area contributed by atoms with Crippen molar-refractivity contribution in [3.05, 3.63) is 17.5 Å². The van der Waals surface area contributed by atoms with Crippen LogP contribution in [0.4, 0.5) is 9.80 Å². The Morgan fingerprint density at radius 3 is 3.18 bits per heavy atom. The van der Waals surface area contributed by atoms with E-state index in [1.807, 2.05) is 22.4 Å². The molecule has 1 atom stereocenters. The fourth-order valence-electron chi connectivity index (χ4n) is 2.24. The van der Waals surface area contributed by atoms with Gasteiger partial charge >= 0.3 is 6.03 Å². The maximum atomic E-state index is 12.1. The molecule has 1 unspecified atom stereocenters. The van der Waals surface area contributed by atoms with Crippen molar-refractivity contribution in [1.29, 1.82) is 0 Å². The molecular formula is C12H18N2O2S. The highest BCUT2D eigenvalue weighted by Crippen LogP contribution is 2.22. The predicted molar refractivity (Wildman–Crippen MR) is 69.4 cm³/mol. The molecule has 1 aliphatic rings. The summed E-state index contributed by atoms with van der Waals surface area (Å²) in [6, 6.07) is 3.97. The second-order valence-corrected chi connectivity index (χ2v) is 5.21. The van der Waals surface area contributed by atoms with Gasteiger partial charge in [0.25, 0.3) is 0 Å². The Morgan fingerprint density at radius 2 is 2.47 bits per heavy atom. The van der Waals surface area contributed by atoms with Crippen LogP contribution >= 0.6 is 11.3 Å². The fourth-order valence-corrected chi connectivity index (χ4v) is 2.85. The lowest BCUT2D eigenvalue weighted by molar-refractivity contribution is 0.141. The van der Waals surface area contributed by atoms with E-state index in [1.165, 1.54) is 11.3 Å². The highest BCUT2D eigenvalue weighted by atomic mass is 32.1. The summed E-state index contributed by atoms with van der Waals surface area (Å²) in [5, 5.41) is 14.7. The van der Waals surface area contributed by atoms with Gasteiger partial charge in [-0.15, -0.1) is 11.3 Å². The molecule has 0 saturated carbocycles. The van der Waals surface area contributed by atoms with Crippen molar-refractivity contribution in [1.82, 2.24) is 4.90 Å². The first-order chi connectivity index (χ1) is 8.31. The van der Waals surface area contributed by atoms with Crippen molar-refractivity contribution < 1.29 is 9.90 Å². The Kier molecular flexibility index (Phi) is 4.39. The summed E-state index contributed by atoms with van der Waals surface area (Å²) in [6.07, 6.45) is 3.88. The molecule has 0 bridgehead atoms. The number of amides is 2. The van der Waals surface area contributed by atoms with Gasteiger partial charge in [-0.05, 0) is 43.2 Å². The number of likely N-dealkylation sites (tertiary alicyclic amines) is 1. The first-order valence-electron chi connectivity index (χ1n) is 6.03. The average Bonchev–Trinajstić information content (AvgIpc) is 2.83. The minimum atomic E-state index is -0.0365. The van der Waals surface area contributed by atoms with Crippen molar-refractivity contribution in [2.45, 2.75) is 31.7 Å². The van der Waals surface area contributed by atoms with Gasteiger partial charge in [-0.3, -0.25) is 5.32 Å². The highest BCUT2D eigenvalue weighted by molar-refractivity contribution is 7.14. The van der Waals surface area contributed by atoms with E-state index >= 15 is 0 Å². The first-order valence-corrected chi connectivity index (χ1v) is 6.91. The Bertz CT molecular complexity index is 351. The van der Waals surface area contributed by atoms with Crippen LogP contribution < -0.4 is 5.32 Å². The average molecular weight is 254 g/mol. The van der Waals surface area contributed by atoms with Gasteiger partial charge in [-0.25, -0.2) is 4.79 Å². The number of nitrogens with zero attached hydrogens (tertiary/aromatic N) is 1. The maximum Gasteiger partial charge on any atom is 0.322 e. The summed E-state index contributed by atoms with van der Waals surface area (Å²) in [7, 11) is 0. The van der Waals surface area contributed by atoms with E-state index in [-0.39, 0.29) is 18.7 Å². The molecule has 1 fully saturated rings. The number of thiophene rings is 1. The number of anilines is 1. The molecule has 2 heterocycles. The molecule has 4 nitrogen and oxygen atoms in total. The van der Waals surface area contributed by atoms with Gasteiger partial charge in [-0.2, -0.15) is 0 Å². The van der Waals surface area contributed by atoms with Crippen molar-refractivity contribution in [2.75, 3.05) is 18.5 Å². The molecule has 2 N–H and O–H groups in total. The van der Waals surface area contributed by atoms with Gasteiger partial charge in [0.1, 0.15) is 0 Å². The first kappa shape index (κ1) is 12.4. The molecule has 0 radical (unpaired) electrons.